The number of nitrogens with zero attached hydrogens (tertiary/aromatic N) is 1. The molecule has 0 aliphatic rings. The number of nitriles is 1. The first-order valence-corrected chi connectivity index (χ1v) is 4.84. The number of nitrogens with two attached hydrogens (primary N) is 1. The molecule has 6 heteroatoms. The molecule has 0 radical (unpaired) electrons. The summed E-state index contributed by atoms with van der Waals surface area (Å²) in [4.78, 5) is 0. The van der Waals surface area contributed by atoms with Crippen molar-refractivity contribution < 1.29 is 17.9 Å². The maximum atomic E-state index is 12.7. The van der Waals surface area contributed by atoms with Crippen LogP contribution in [-0.2, 0) is 6.18 Å². The van der Waals surface area contributed by atoms with Gasteiger partial charge in [-0.15, -0.1) is 0 Å². The third-order valence-corrected chi connectivity index (χ3v) is 1.92. The van der Waals surface area contributed by atoms with Crippen molar-refractivity contribution >= 4 is 0 Å². The molecule has 1 aromatic rings. The first kappa shape index (κ1) is 13.3. The predicted molar refractivity (Wildman–Crippen MR) is 55.3 cm³/mol. The highest BCUT2D eigenvalue weighted by molar-refractivity contribution is 5.43. The van der Waals surface area contributed by atoms with E-state index in [0.29, 0.717) is 0 Å². The van der Waals surface area contributed by atoms with Crippen LogP contribution in [-0.4, -0.2) is 12.6 Å². The molecule has 0 fully saturated rings. The van der Waals surface area contributed by atoms with E-state index < -0.39 is 11.7 Å². The summed E-state index contributed by atoms with van der Waals surface area (Å²) in [6, 6.07) is 4.44. The fourth-order valence-electron chi connectivity index (χ4n) is 1.17. The molecule has 1 atom stereocenters. The number of ether oxygens (including phenoxy) is 1. The number of halogens is 3. The van der Waals surface area contributed by atoms with Gasteiger partial charge in [-0.05, 0) is 25.1 Å². The van der Waals surface area contributed by atoms with Gasteiger partial charge in [-0.25, -0.2) is 0 Å². The van der Waals surface area contributed by atoms with Gasteiger partial charge in [0.05, 0.1) is 17.2 Å². The van der Waals surface area contributed by atoms with E-state index in [1.54, 1.807) is 13.0 Å². The summed E-state index contributed by atoms with van der Waals surface area (Å²) in [5.74, 6) is -0.311. The second-order valence-corrected chi connectivity index (χ2v) is 3.61. The van der Waals surface area contributed by atoms with Crippen LogP contribution < -0.4 is 10.5 Å². The highest BCUT2D eigenvalue weighted by atomic mass is 19.4. The highest BCUT2D eigenvalue weighted by Gasteiger charge is 2.34. The Morgan fingerprint density at radius 2 is 2.12 bits per heavy atom. The standard InChI is InChI=1S/C11H11F3N2O/c1-7(16)6-17-10-3-2-8(5-15)4-9(10)11(12,13)14/h2-4,7H,6,16H2,1H3. The summed E-state index contributed by atoms with van der Waals surface area (Å²) in [5.41, 5.74) is 4.37. The Hall–Kier alpha value is -1.74. The lowest BCUT2D eigenvalue weighted by molar-refractivity contribution is -0.139. The van der Waals surface area contributed by atoms with Gasteiger partial charge in [0, 0.05) is 6.04 Å². The first-order chi connectivity index (χ1) is 7.84. The van der Waals surface area contributed by atoms with E-state index in [0.717, 1.165) is 12.1 Å². The largest absolute Gasteiger partial charge is 0.491 e. The molecule has 0 bridgehead atoms. The SMILES string of the molecule is CC(N)COc1ccc(C#N)cc1C(F)(F)F. The first-order valence-electron chi connectivity index (χ1n) is 4.84. The van der Waals surface area contributed by atoms with Crippen LogP contribution in [0.15, 0.2) is 18.2 Å². The van der Waals surface area contributed by atoms with Gasteiger partial charge < -0.3 is 10.5 Å². The van der Waals surface area contributed by atoms with Gasteiger partial charge in [0.15, 0.2) is 0 Å². The molecule has 0 amide bonds. The molecule has 3 nitrogen and oxygen atoms in total. The van der Waals surface area contributed by atoms with Crippen LogP contribution >= 0.6 is 0 Å². The van der Waals surface area contributed by atoms with E-state index in [-0.39, 0.29) is 24.0 Å². The average molecular weight is 244 g/mol. The lowest BCUT2D eigenvalue weighted by atomic mass is 10.1. The van der Waals surface area contributed by atoms with Crippen molar-refractivity contribution in [2.75, 3.05) is 6.61 Å². The number of rotatable bonds is 3. The fraction of sp³-hybridized carbons (Fsp3) is 0.364. The van der Waals surface area contributed by atoms with Crippen molar-refractivity contribution in [3.05, 3.63) is 29.3 Å². The highest BCUT2D eigenvalue weighted by Crippen LogP contribution is 2.36. The Bertz CT molecular complexity index is 435. The Morgan fingerprint density at radius 1 is 1.47 bits per heavy atom. The van der Waals surface area contributed by atoms with Crippen LogP contribution in [0.2, 0.25) is 0 Å². The van der Waals surface area contributed by atoms with Crippen LogP contribution in [0.3, 0.4) is 0 Å². The summed E-state index contributed by atoms with van der Waals surface area (Å²) < 4.78 is 43.0. The maximum absolute atomic E-state index is 12.7. The minimum absolute atomic E-state index is 0.0189. The molecule has 0 heterocycles. The van der Waals surface area contributed by atoms with Crippen LogP contribution in [0, 0.1) is 11.3 Å². The van der Waals surface area contributed by atoms with Crippen LogP contribution in [0.1, 0.15) is 18.1 Å². The van der Waals surface area contributed by atoms with Crippen molar-refractivity contribution in [2.24, 2.45) is 5.73 Å². The van der Waals surface area contributed by atoms with Gasteiger partial charge >= 0.3 is 6.18 Å². The van der Waals surface area contributed by atoms with Gasteiger partial charge in [0.2, 0.25) is 0 Å². The van der Waals surface area contributed by atoms with E-state index in [1.807, 2.05) is 0 Å². The van der Waals surface area contributed by atoms with Gasteiger partial charge in [0.1, 0.15) is 12.4 Å². The van der Waals surface area contributed by atoms with Gasteiger partial charge in [-0.3, -0.25) is 0 Å². The minimum atomic E-state index is -4.56. The third kappa shape index (κ3) is 3.64. The summed E-state index contributed by atoms with van der Waals surface area (Å²) in [5, 5.41) is 8.56. The van der Waals surface area contributed by atoms with Crippen molar-refractivity contribution in [1.82, 2.24) is 0 Å². The molecule has 0 saturated heterocycles. The number of hydrogen-bond donors (Lipinski definition) is 1. The van der Waals surface area contributed by atoms with Gasteiger partial charge in [-0.2, -0.15) is 18.4 Å². The molecule has 0 aliphatic heterocycles. The van der Waals surface area contributed by atoms with Crippen LogP contribution in [0.4, 0.5) is 13.2 Å². The number of hydrogen-bond acceptors (Lipinski definition) is 3. The molecular weight excluding hydrogens is 233 g/mol. The second-order valence-electron chi connectivity index (χ2n) is 3.61. The minimum Gasteiger partial charge on any atom is -0.491 e. The fourth-order valence-corrected chi connectivity index (χ4v) is 1.17. The van der Waals surface area contributed by atoms with Crippen LogP contribution in [0.25, 0.3) is 0 Å². The molecule has 1 unspecified atom stereocenters. The Labute approximate surface area is 96.6 Å². The van der Waals surface area contributed by atoms with Crippen molar-refractivity contribution in [2.45, 2.75) is 19.1 Å². The van der Waals surface area contributed by atoms with E-state index in [1.165, 1.54) is 6.07 Å². The van der Waals surface area contributed by atoms with Crippen molar-refractivity contribution in [3.63, 3.8) is 0 Å². The third-order valence-electron chi connectivity index (χ3n) is 1.92. The second kappa shape index (κ2) is 5.06. The average Bonchev–Trinajstić information content (AvgIpc) is 2.24. The molecule has 92 valence electrons. The quantitative estimate of drug-likeness (QED) is 0.887. The molecule has 0 aromatic heterocycles. The smallest absolute Gasteiger partial charge is 0.420 e. The maximum Gasteiger partial charge on any atom is 0.420 e. The van der Waals surface area contributed by atoms with Gasteiger partial charge in [-0.1, -0.05) is 0 Å². The lowest BCUT2D eigenvalue weighted by Gasteiger charge is -2.15. The Kier molecular flexibility index (Phi) is 3.97. The zero-order valence-electron chi connectivity index (χ0n) is 9.08. The molecule has 17 heavy (non-hydrogen) atoms. The lowest BCUT2D eigenvalue weighted by Crippen LogP contribution is -2.24. The zero-order valence-corrected chi connectivity index (χ0v) is 9.08. The van der Waals surface area contributed by atoms with Crippen LogP contribution in [0.5, 0.6) is 5.75 Å². The predicted octanol–water partition coefficient (Wildman–Crippen LogP) is 2.30. The summed E-state index contributed by atoms with van der Waals surface area (Å²) in [6.07, 6.45) is -4.56. The summed E-state index contributed by atoms with van der Waals surface area (Å²) in [7, 11) is 0. The molecule has 0 spiro atoms. The normalized spacial score (nSPS) is 12.9. The van der Waals surface area contributed by atoms with E-state index >= 15 is 0 Å². The number of benzene rings is 1. The summed E-state index contributed by atoms with van der Waals surface area (Å²) >= 11 is 0. The molecular formula is C11H11F3N2O. The Morgan fingerprint density at radius 3 is 2.59 bits per heavy atom. The molecule has 0 aliphatic carbocycles. The van der Waals surface area contributed by atoms with Crippen molar-refractivity contribution in [3.8, 4) is 11.8 Å². The molecule has 1 rings (SSSR count). The number of alkyl halides is 3. The summed E-state index contributed by atoms with van der Waals surface area (Å²) in [6.45, 7) is 1.60. The topological polar surface area (TPSA) is 59.0 Å². The Balaban J connectivity index is 3.08. The molecule has 2 N–H and O–H groups in total. The van der Waals surface area contributed by atoms with E-state index in [4.69, 9.17) is 15.7 Å². The van der Waals surface area contributed by atoms with E-state index in [2.05, 4.69) is 0 Å². The van der Waals surface area contributed by atoms with Crippen molar-refractivity contribution in [1.29, 1.82) is 5.26 Å². The zero-order chi connectivity index (χ0) is 13.1. The molecule has 1 aromatic carbocycles. The van der Waals surface area contributed by atoms with Gasteiger partial charge in [0.25, 0.3) is 0 Å². The monoisotopic (exact) mass is 244 g/mol. The van der Waals surface area contributed by atoms with E-state index in [9.17, 15) is 13.2 Å². The molecule has 0 saturated carbocycles.